The Morgan fingerprint density at radius 2 is 1.74 bits per heavy atom. The first kappa shape index (κ1) is 20.9. The molecule has 6 heteroatoms. The molecule has 0 saturated heterocycles. The molecule has 1 N–H and O–H groups in total. The quantitative estimate of drug-likeness (QED) is 0.377. The van der Waals surface area contributed by atoms with Gasteiger partial charge in [-0.3, -0.25) is 4.79 Å². The van der Waals surface area contributed by atoms with Crippen molar-refractivity contribution < 1.29 is 14.3 Å². The van der Waals surface area contributed by atoms with Crippen molar-refractivity contribution in [2.24, 2.45) is 0 Å². The molecule has 31 heavy (non-hydrogen) atoms. The average molecular weight is 433 g/mol. The molecule has 0 spiro atoms. The predicted molar refractivity (Wildman–Crippen MR) is 126 cm³/mol. The van der Waals surface area contributed by atoms with Crippen molar-refractivity contribution in [2.75, 3.05) is 25.3 Å². The third-order valence-corrected chi connectivity index (χ3v) is 6.03. The van der Waals surface area contributed by atoms with E-state index in [4.69, 9.17) is 9.47 Å². The summed E-state index contributed by atoms with van der Waals surface area (Å²) >= 11 is 1.53. The number of hydrogen-bond donors (Lipinski definition) is 1. The summed E-state index contributed by atoms with van der Waals surface area (Å²) in [5.74, 6) is 1.45. The summed E-state index contributed by atoms with van der Waals surface area (Å²) in [4.78, 5) is 13.7. The molecular formula is C25H24N2O3S. The second-order valence-corrected chi connectivity index (χ2v) is 8.04. The number of amides is 1. The first-order chi connectivity index (χ1) is 15.2. The van der Waals surface area contributed by atoms with E-state index in [0.29, 0.717) is 22.9 Å². The van der Waals surface area contributed by atoms with E-state index in [-0.39, 0.29) is 5.91 Å². The highest BCUT2D eigenvalue weighted by Crippen LogP contribution is 2.32. The maximum absolute atomic E-state index is 12.7. The number of carbonyl (C=O) groups excluding carboxylic acids is 1. The minimum Gasteiger partial charge on any atom is -0.497 e. The summed E-state index contributed by atoms with van der Waals surface area (Å²) in [5, 5.41) is 4.08. The zero-order valence-electron chi connectivity index (χ0n) is 17.5. The molecule has 4 aromatic rings. The molecule has 0 aliphatic rings. The first-order valence-corrected chi connectivity index (χ1v) is 10.9. The van der Waals surface area contributed by atoms with E-state index in [1.807, 2.05) is 30.3 Å². The van der Waals surface area contributed by atoms with Gasteiger partial charge in [0.05, 0.1) is 25.7 Å². The van der Waals surface area contributed by atoms with Gasteiger partial charge in [-0.2, -0.15) is 0 Å². The number of ether oxygens (including phenoxy) is 2. The summed E-state index contributed by atoms with van der Waals surface area (Å²) < 4.78 is 12.8. The number of nitrogens with zero attached hydrogens (tertiary/aromatic N) is 1. The lowest BCUT2D eigenvalue weighted by atomic mass is 10.2. The van der Waals surface area contributed by atoms with Gasteiger partial charge in [-0.15, -0.1) is 11.8 Å². The molecule has 1 aromatic heterocycles. The number of nitrogens with one attached hydrogen (secondary N) is 1. The van der Waals surface area contributed by atoms with Gasteiger partial charge >= 0.3 is 0 Å². The topological polar surface area (TPSA) is 52.5 Å². The van der Waals surface area contributed by atoms with E-state index in [1.54, 1.807) is 32.4 Å². The highest BCUT2D eigenvalue weighted by Gasteiger charge is 2.13. The fourth-order valence-corrected chi connectivity index (χ4v) is 4.37. The number of rotatable bonds is 8. The standard InChI is InChI=1S/C25H24N2O3S/c1-29-19-12-13-23(30-2)21(14-19)26-25(28)17-31-24-16-27(15-18-8-4-3-5-9-18)22-11-7-6-10-20(22)24/h3-14,16H,15,17H2,1-2H3,(H,26,28). The fourth-order valence-electron chi connectivity index (χ4n) is 3.48. The van der Waals surface area contributed by atoms with Crippen molar-refractivity contribution in [2.45, 2.75) is 11.4 Å². The number of thioether (sulfide) groups is 1. The zero-order chi connectivity index (χ0) is 21.6. The SMILES string of the molecule is COc1ccc(OC)c(NC(=O)CSc2cn(Cc3ccccc3)c3ccccc23)c1. The molecule has 0 aliphatic heterocycles. The summed E-state index contributed by atoms with van der Waals surface area (Å²) in [7, 11) is 3.17. The van der Waals surface area contributed by atoms with Gasteiger partial charge < -0.3 is 19.4 Å². The number of methoxy groups -OCH3 is 2. The number of aromatic nitrogens is 1. The van der Waals surface area contributed by atoms with Crippen LogP contribution in [0.4, 0.5) is 5.69 Å². The third kappa shape index (κ3) is 4.86. The number of benzene rings is 3. The number of para-hydroxylation sites is 1. The van der Waals surface area contributed by atoms with E-state index in [9.17, 15) is 4.79 Å². The Morgan fingerprint density at radius 3 is 2.52 bits per heavy atom. The molecule has 0 atom stereocenters. The van der Waals surface area contributed by atoms with E-state index in [1.165, 1.54) is 17.3 Å². The van der Waals surface area contributed by atoms with Crippen LogP contribution in [0.25, 0.3) is 10.9 Å². The van der Waals surface area contributed by atoms with Crippen LogP contribution in [0.5, 0.6) is 11.5 Å². The van der Waals surface area contributed by atoms with Crippen LogP contribution in [-0.4, -0.2) is 30.4 Å². The van der Waals surface area contributed by atoms with Crippen molar-refractivity contribution in [3.05, 3.63) is 84.6 Å². The smallest absolute Gasteiger partial charge is 0.234 e. The van der Waals surface area contributed by atoms with E-state index in [0.717, 1.165) is 22.3 Å². The summed E-state index contributed by atoms with van der Waals surface area (Å²) in [6.07, 6.45) is 2.13. The number of fused-ring (bicyclic) bond motifs is 1. The lowest BCUT2D eigenvalue weighted by Crippen LogP contribution is -2.14. The molecule has 0 fully saturated rings. The molecule has 3 aromatic carbocycles. The Kier molecular flexibility index (Phi) is 6.48. The van der Waals surface area contributed by atoms with Crippen molar-refractivity contribution in [3.8, 4) is 11.5 Å². The summed E-state index contributed by atoms with van der Waals surface area (Å²) in [5.41, 5.74) is 2.99. The van der Waals surface area contributed by atoms with E-state index in [2.05, 4.69) is 40.3 Å². The van der Waals surface area contributed by atoms with Gasteiger partial charge in [-0.05, 0) is 23.8 Å². The van der Waals surface area contributed by atoms with Gasteiger partial charge in [0, 0.05) is 34.6 Å². The lowest BCUT2D eigenvalue weighted by molar-refractivity contribution is -0.113. The lowest BCUT2D eigenvalue weighted by Gasteiger charge is -2.11. The molecule has 4 rings (SSSR count). The maximum Gasteiger partial charge on any atom is 0.234 e. The van der Waals surface area contributed by atoms with Gasteiger partial charge in [0.15, 0.2) is 0 Å². The molecular weight excluding hydrogens is 408 g/mol. The Hall–Kier alpha value is -3.38. The number of carbonyl (C=O) groups is 1. The molecule has 0 bridgehead atoms. The van der Waals surface area contributed by atoms with Crippen LogP contribution >= 0.6 is 11.8 Å². The van der Waals surface area contributed by atoms with Crippen LogP contribution in [0.1, 0.15) is 5.56 Å². The largest absolute Gasteiger partial charge is 0.497 e. The summed E-state index contributed by atoms with van der Waals surface area (Å²) in [6.45, 7) is 0.787. The second kappa shape index (κ2) is 9.62. The maximum atomic E-state index is 12.7. The highest BCUT2D eigenvalue weighted by atomic mass is 32.2. The Balaban J connectivity index is 1.50. The van der Waals surface area contributed by atoms with E-state index >= 15 is 0 Å². The van der Waals surface area contributed by atoms with Crippen LogP contribution in [0.3, 0.4) is 0 Å². The van der Waals surface area contributed by atoms with Gasteiger partial charge in [0.25, 0.3) is 0 Å². The van der Waals surface area contributed by atoms with Crippen molar-refractivity contribution in [1.82, 2.24) is 4.57 Å². The Morgan fingerprint density at radius 1 is 0.968 bits per heavy atom. The first-order valence-electron chi connectivity index (χ1n) is 9.94. The summed E-state index contributed by atoms with van der Waals surface area (Å²) in [6, 6.07) is 24.0. The van der Waals surface area contributed by atoms with Crippen molar-refractivity contribution in [3.63, 3.8) is 0 Å². The third-order valence-electron chi connectivity index (χ3n) is 4.99. The molecule has 0 unspecified atom stereocenters. The Labute approximate surface area is 186 Å². The van der Waals surface area contributed by atoms with Crippen LogP contribution in [0.15, 0.2) is 83.9 Å². The highest BCUT2D eigenvalue weighted by molar-refractivity contribution is 8.00. The molecule has 0 aliphatic carbocycles. The Bertz CT molecular complexity index is 1190. The van der Waals surface area contributed by atoms with Gasteiger partial charge in [-0.1, -0.05) is 48.5 Å². The monoisotopic (exact) mass is 432 g/mol. The predicted octanol–water partition coefficient (Wildman–Crippen LogP) is 5.44. The van der Waals surface area contributed by atoms with Crippen LogP contribution in [0, 0.1) is 0 Å². The molecule has 158 valence electrons. The van der Waals surface area contributed by atoms with E-state index < -0.39 is 0 Å². The van der Waals surface area contributed by atoms with Crippen molar-refractivity contribution >= 4 is 34.3 Å². The van der Waals surface area contributed by atoms with Crippen LogP contribution < -0.4 is 14.8 Å². The van der Waals surface area contributed by atoms with Crippen LogP contribution in [-0.2, 0) is 11.3 Å². The molecule has 0 saturated carbocycles. The minimum absolute atomic E-state index is 0.101. The van der Waals surface area contributed by atoms with Gasteiger partial charge in [-0.25, -0.2) is 0 Å². The average Bonchev–Trinajstić information content (AvgIpc) is 3.16. The second-order valence-electron chi connectivity index (χ2n) is 7.03. The number of anilines is 1. The molecule has 0 radical (unpaired) electrons. The van der Waals surface area contributed by atoms with Gasteiger partial charge in [0.1, 0.15) is 11.5 Å². The molecule has 1 amide bonds. The minimum atomic E-state index is -0.101. The normalized spacial score (nSPS) is 10.8. The molecule has 1 heterocycles. The fraction of sp³-hybridized carbons (Fsp3) is 0.160. The van der Waals surface area contributed by atoms with Crippen LogP contribution in [0.2, 0.25) is 0 Å². The van der Waals surface area contributed by atoms with Gasteiger partial charge in [0.2, 0.25) is 5.91 Å². The number of hydrogen-bond acceptors (Lipinski definition) is 4. The molecule has 5 nitrogen and oxygen atoms in total. The zero-order valence-corrected chi connectivity index (χ0v) is 18.3. The van der Waals surface area contributed by atoms with Crippen molar-refractivity contribution in [1.29, 1.82) is 0 Å².